The number of carbonyl (C=O) groups is 3. The molecule has 0 atom stereocenters. The maximum Gasteiger partial charge on any atom is 0.255 e. The van der Waals surface area contributed by atoms with Gasteiger partial charge in [-0.2, -0.15) is 0 Å². The second-order valence-electron chi connectivity index (χ2n) is 5.07. The van der Waals surface area contributed by atoms with Crippen LogP contribution < -0.4 is 10.6 Å². The first-order valence-corrected chi connectivity index (χ1v) is 7.32. The van der Waals surface area contributed by atoms with E-state index in [2.05, 4.69) is 10.6 Å². The number of hydrogen-bond donors (Lipinski definition) is 2. The third kappa shape index (κ3) is 4.51. The van der Waals surface area contributed by atoms with Gasteiger partial charge in [0.15, 0.2) is 5.78 Å². The van der Waals surface area contributed by atoms with Crippen LogP contribution in [0.3, 0.4) is 0 Å². The molecule has 2 rings (SSSR count). The molecule has 0 aliphatic heterocycles. The molecule has 0 unspecified atom stereocenters. The standard InChI is InChI=1S/C18H18N2O3/c1-3-17(22)19-16-6-4-5-14(11-16)18(23)20-15-9-7-13(8-10-15)12(2)21/h4-11H,3H2,1-2H3,(H,19,22)(H,20,23). The number of anilines is 2. The van der Waals surface area contributed by atoms with Crippen molar-refractivity contribution in [3.63, 3.8) is 0 Å². The summed E-state index contributed by atoms with van der Waals surface area (Å²) < 4.78 is 0. The Balaban J connectivity index is 2.09. The number of carbonyl (C=O) groups excluding carboxylic acids is 3. The van der Waals surface area contributed by atoms with E-state index < -0.39 is 0 Å². The van der Waals surface area contributed by atoms with Gasteiger partial charge in [-0.25, -0.2) is 0 Å². The molecule has 0 fully saturated rings. The van der Waals surface area contributed by atoms with Crippen LogP contribution in [0.4, 0.5) is 11.4 Å². The minimum Gasteiger partial charge on any atom is -0.326 e. The zero-order valence-electron chi connectivity index (χ0n) is 13.1. The number of Topliss-reactive ketones (excluding diaryl/α,β-unsaturated/α-hetero) is 1. The van der Waals surface area contributed by atoms with E-state index in [4.69, 9.17) is 0 Å². The highest BCUT2D eigenvalue weighted by Gasteiger charge is 2.08. The monoisotopic (exact) mass is 310 g/mol. The van der Waals surface area contributed by atoms with Crippen LogP contribution in [0.25, 0.3) is 0 Å². The minimum absolute atomic E-state index is 0.0257. The Bertz CT molecular complexity index is 736. The average molecular weight is 310 g/mol. The fraction of sp³-hybridized carbons (Fsp3) is 0.167. The maximum atomic E-state index is 12.2. The molecule has 0 bridgehead atoms. The summed E-state index contributed by atoms with van der Waals surface area (Å²) in [5, 5.41) is 5.47. The van der Waals surface area contributed by atoms with E-state index in [1.807, 2.05) is 0 Å². The second kappa shape index (κ2) is 7.35. The first-order valence-electron chi connectivity index (χ1n) is 7.32. The van der Waals surface area contributed by atoms with Crippen LogP contribution >= 0.6 is 0 Å². The van der Waals surface area contributed by atoms with E-state index in [0.29, 0.717) is 28.9 Å². The van der Waals surface area contributed by atoms with E-state index in [1.165, 1.54) is 6.92 Å². The number of amides is 2. The maximum absolute atomic E-state index is 12.2. The lowest BCUT2D eigenvalue weighted by Gasteiger charge is -2.08. The molecule has 2 amide bonds. The summed E-state index contributed by atoms with van der Waals surface area (Å²) in [6.45, 7) is 3.25. The van der Waals surface area contributed by atoms with Gasteiger partial charge in [0.05, 0.1) is 0 Å². The third-order valence-electron chi connectivity index (χ3n) is 3.28. The normalized spacial score (nSPS) is 10.0. The summed E-state index contributed by atoms with van der Waals surface area (Å²) in [7, 11) is 0. The summed E-state index contributed by atoms with van der Waals surface area (Å²) in [6.07, 6.45) is 0.374. The smallest absolute Gasteiger partial charge is 0.255 e. The number of benzene rings is 2. The topological polar surface area (TPSA) is 75.3 Å². The van der Waals surface area contributed by atoms with E-state index >= 15 is 0 Å². The first-order chi connectivity index (χ1) is 11.0. The molecule has 0 aliphatic carbocycles. The van der Waals surface area contributed by atoms with Gasteiger partial charge in [-0.3, -0.25) is 14.4 Å². The molecule has 5 heteroatoms. The van der Waals surface area contributed by atoms with Gasteiger partial charge in [-0.1, -0.05) is 13.0 Å². The Morgan fingerprint density at radius 3 is 2.17 bits per heavy atom. The van der Waals surface area contributed by atoms with Gasteiger partial charge < -0.3 is 10.6 Å². The van der Waals surface area contributed by atoms with Gasteiger partial charge in [-0.05, 0) is 49.4 Å². The summed E-state index contributed by atoms with van der Waals surface area (Å²) in [4.78, 5) is 34.9. The lowest BCUT2D eigenvalue weighted by Crippen LogP contribution is -2.14. The second-order valence-corrected chi connectivity index (χ2v) is 5.07. The Morgan fingerprint density at radius 2 is 1.57 bits per heavy atom. The van der Waals surface area contributed by atoms with Crippen molar-refractivity contribution in [2.24, 2.45) is 0 Å². The van der Waals surface area contributed by atoms with Crippen molar-refractivity contribution in [1.29, 1.82) is 0 Å². The molecule has 2 aromatic carbocycles. The van der Waals surface area contributed by atoms with Crippen molar-refractivity contribution in [1.82, 2.24) is 0 Å². The van der Waals surface area contributed by atoms with Crippen molar-refractivity contribution in [2.75, 3.05) is 10.6 Å². The van der Waals surface area contributed by atoms with Crippen LogP contribution in [-0.2, 0) is 4.79 Å². The van der Waals surface area contributed by atoms with Crippen LogP contribution in [0.2, 0.25) is 0 Å². The largest absolute Gasteiger partial charge is 0.326 e. The van der Waals surface area contributed by atoms with Gasteiger partial charge >= 0.3 is 0 Å². The van der Waals surface area contributed by atoms with Gasteiger partial charge in [0, 0.05) is 28.9 Å². The molecule has 0 aliphatic rings. The highest BCUT2D eigenvalue weighted by atomic mass is 16.2. The third-order valence-corrected chi connectivity index (χ3v) is 3.28. The fourth-order valence-electron chi connectivity index (χ4n) is 1.98. The molecular weight excluding hydrogens is 292 g/mol. The number of rotatable bonds is 5. The van der Waals surface area contributed by atoms with Crippen molar-refractivity contribution in [2.45, 2.75) is 20.3 Å². The zero-order valence-corrected chi connectivity index (χ0v) is 13.1. The predicted molar refractivity (Wildman–Crippen MR) is 89.8 cm³/mol. The first kappa shape index (κ1) is 16.4. The molecule has 0 radical (unpaired) electrons. The van der Waals surface area contributed by atoms with Gasteiger partial charge in [0.2, 0.25) is 5.91 Å². The molecule has 0 saturated heterocycles. The lowest BCUT2D eigenvalue weighted by molar-refractivity contribution is -0.115. The van der Waals surface area contributed by atoms with Crippen molar-refractivity contribution in [3.05, 3.63) is 59.7 Å². The van der Waals surface area contributed by atoms with Crippen molar-refractivity contribution >= 4 is 29.0 Å². The molecular formula is C18H18N2O3. The van der Waals surface area contributed by atoms with E-state index in [0.717, 1.165) is 0 Å². The Hall–Kier alpha value is -2.95. The quantitative estimate of drug-likeness (QED) is 0.830. The van der Waals surface area contributed by atoms with Crippen LogP contribution in [0.15, 0.2) is 48.5 Å². The summed E-state index contributed by atoms with van der Waals surface area (Å²) in [6, 6.07) is 13.4. The SMILES string of the molecule is CCC(=O)Nc1cccc(C(=O)Nc2ccc(C(C)=O)cc2)c1. The van der Waals surface area contributed by atoms with Crippen molar-refractivity contribution in [3.8, 4) is 0 Å². The number of hydrogen-bond acceptors (Lipinski definition) is 3. The van der Waals surface area contributed by atoms with Crippen molar-refractivity contribution < 1.29 is 14.4 Å². The summed E-state index contributed by atoms with van der Waals surface area (Å²) >= 11 is 0. The average Bonchev–Trinajstić information content (AvgIpc) is 2.55. The van der Waals surface area contributed by atoms with E-state index in [1.54, 1.807) is 55.5 Å². The molecule has 0 saturated carbocycles. The minimum atomic E-state index is -0.284. The van der Waals surface area contributed by atoms with Gasteiger partial charge in [0.1, 0.15) is 0 Å². The Kier molecular flexibility index (Phi) is 5.25. The molecule has 2 aromatic rings. The van der Waals surface area contributed by atoms with Crippen LogP contribution in [0.1, 0.15) is 41.0 Å². The fourth-order valence-corrected chi connectivity index (χ4v) is 1.98. The molecule has 0 aromatic heterocycles. The number of nitrogens with one attached hydrogen (secondary N) is 2. The lowest BCUT2D eigenvalue weighted by atomic mass is 10.1. The highest BCUT2D eigenvalue weighted by Crippen LogP contribution is 2.15. The molecule has 118 valence electrons. The Labute approximate surface area is 134 Å². The van der Waals surface area contributed by atoms with Crippen LogP contribution in [0, 0.1) is 0 Å². The Morgan fingerprint density at radius 1 is 0.870 bits per heavy atom. The van der Waals surface area contributed by atoms with E-state index in [9.17, 15) is 14.4 Å². The van der Waals surface area contributed by atoms with Crippen LogP contribution in [0.5, 0.6) is 0 Å². The predicted octanol–water partition coefficient (Wildman–Crippen LogP) is 3.49. The number of ketones is 1. The molecule has 23 heavy (non-hydrogen) atoms. The molecule has 0 heterocycles. The molecule has 5 nitrogen and oxygen atoms in total. The molecule has 0 spiro atoms. The van der Waals surface area contributed by atoms with E-state index in [-0.39, 0.29) is 17.6 Å². The summed E-state index contributed by atoms with van der Waals surface area (Å²) in [5.74, 6) is -0.419. The highest BCUT2D eigenvalue weighted by molar-refractivity contribution is 6.05. The van der Waals surface area contributed by atoms with Crippen LogP contribution in [-0.4, -0.2) is 17.6 Å². The van der Waals surface area contributed by atoms with Gasteiger partial charge in [-0.15, -0.1) is 0 Å². The summed E-state index contributed by atoms with van der Waals surface area (Å²) in [5.41, 5.74) is 2.21. The molecule has 2 N–H and O–H groups in total. The zero-order chi connectivity index (χ0) is 16.8. The van der Waals surface area contributed by atoms with Gasteiger partial charge in [0.25, 0.3) is 5.91 Å².